The monoisotopic (exact) mass is 322 g/mol. The maximum absolute atomic E-state index is 13.5. The molecule has 0 fully saturated rings. The van der Waals surface area contributed by atoms with Gasteiger partial charge in [0.1, 0.15) is 5.82 Å². The quantitative estimate of drug-likeness (QED) is 0.823. The van der Waals surface area contributed by atoms with E-state index in [0.717, 1.165) is 5.69 Å². The van der Waals surface area contributed by atoms with Crippen LogP contribution in [-0.4, -0.2) is 20.7 Å². The van der Waals surface area contributed by atoms with E-state index in [9.17, 15) is 12.8 Å². The predicted molar refractivity (Wildman–Crippen MR) is 88.1 cm³/mol. The second-order valence-corrected chi connectivity index (χ2v) is 6.86. The van der Waals surface area contributed by atoms with Crippen molar-refractivity contribution >= 4 is 21.4 Å². The van der Waals surface area contributed by atoms with Gasteiger partial charge in [-0.25, -0.2) is 12.8 Å². The van der Waals surface area contributed by atoms with E-state index >= 15 is 0 Å². The van der Waals surface area contributed by atoms with Crippen LogP contribution in [0.2, 0.25) is 0 Å². The minimum absolute atomic E-state index is 0.0373. The van der Waals surface area contributed by atoms with Crippen LogP contribution in [0, 0.1) is 5.82 Å². The Morgan fingerprint density at radius 1 is 1.00 bits per heavy atom. The van der Waals surface area contributed by atoms with E-state index in [0.29, 0.717) is 24.2 Å². The van der Waals surface area contributed by atoms with Gasteiger partial charge in [-0.3, -0.25) is 4.72 Å². The third kappa shape index (κ3) is 4.73. The molecule has 6 heteroatoms. The van der Waals surface area contributed by atoms with Crippen molar-refractivity contribution in [2.24, 2.45) is 0 Å². The van der Waals surface area contributed by atoms with Crippen molar-refractivity contribution in [1.82, 2.24) is 0 Å². The van der Waals surface area contributed by atoms with Crippen molar-refractivity contribution in [3.05, 3.63) is 59.9 Å². The van der Waals surface area contributed by atoms with E-state index in [1.807, 2.05) is 6.07 Å². The highest BCUT2D eigenvalue weighted by molar-refractivity contribution is 7.92. The molecule has 118 valence electrons. The zero-order valence-corrected chi connectivity index (χ0v) is 13.2. The Morgan fingerprint density at radius 2 is 1.64 bits per heavy atom. The first-order chi connectivity index (χ1) is 10.5. The van der Waals surface area contributed by atoms with Gasteiger partial charge in [0.2, 0.25) is 10.0 Å². The summed E-state index contributed by atoms with van der Waals surface area (Å²) in [5.74, 6) is -0.163. The lowest BCUT2D eigenvalue weighted by atomic mass is 10.1. The standard InChI is InChI=1S/C16H19FN2O2S/c1-2-22(20,21)19-15-9-7-14(8-10-15)18-12-11-13-5-3-4-6-16(13)17/h3-10,18-19H,2,11-12H2,1H3. The SMILES string of the molecule is CCS(=O)(=O)Nc1ccc(NCCc2ccccc2F)cc1. The Bertz CT molecular complexity index is 715. The van der Waals surface area contributed by atoms with E-state index in [1.165, 1.54) is 6.07 Å². The molecule has 0 saturated heterocycles. The highest BCUT2D eigenvalue weighted by atomic mass is 32.2. The first kappa shape index (κ1) is 16.3. The molecule has 2 rings (SSSR count). The predicted octanol–water partition coefficient (Wildman–Crippen LogP) is 3.24. The number of sulfonamides is 1. The van der Waals surface area contributed by atoms with Crippen molar-refractivity contribution in [3.63, 3.8) is 0 Å². The number of halogens is 1. The Balaban J connectivity index is 1.88. The third-order valence-corrected chi connectivity index (χ3v) is 4.53. The normalized spacial score (nSPS) is 11.2. The van der Waals surface area contributed by atoms with Crippen LogP contribution in [0.3, 0.4) is 0 Å². The lowest BCUT2D eigenvalue weighted by molar-refractivity contribution is 0.602. The summed E-state index contributed by atoms with van der Waals surface area (Å²) in [6, 6.07) is 13.7. The fourth-order valence-corrected chi connectivity index (χ4v) is 2.59. The largest absolute Gasteiger partial charge is 0.385 e. The minimum atomic E-state index is -3.26. The first-order valence-electron chi connectivity index (χ1n) is 7.08. The van der Waals surface area contributed by atoms with Crippen molar-refractivity contribution in [3.8, 4) is 0 Å². The van der Waals surface area contributed by atoms with Gasteiger partial charge in [0.05, 0.1) is 5.75 Å². The molecule has 0 aliphatic carbocycles. The maximum atomic E-state index is 13.5. The Morgan fingerprint density at radius 3 is 2.27 bits per heavy atom. The number of nitrogens with one attached hydrogen (secondary N) is 2. The van der Waals surface area contributed by atoms with Crippen LogP contribution in [0.5, 0.6) is 0 Å². The van der Waals surface area contributed by atoms with Crippen molar-refractivity contribution in [1.29, 1.82) is 0 Å². The van der Waals surface area contributed by atoms with Gasteiger partial charge in [-0.1, -0.05) is 18.2 Å². The number of anilines is 2. The number of hydrogen-bond acceptors (Lipinski definition) is 3. The molecular weight excluding hydrogens is 303 g/mol. The van der Waals surface area contributed by atoms with Crippen LogP contribution < -0.4 is 10.0 Å². The zero-order valence-electron chi connectivity index (χ0n) is 12.3. The van der Waals surface area contributed by atoms with Gasteiger partial charge in [-0.2, -0.15) is 0 Å². The summed E-state index contributed by atoms with van der Waals surface area (Å²) in [5.41, 5.74) is 2.06. The first-order valence-corrected chi connectivity index (χ1v) is 8.73. The lowest BCUT2D eigenvalue weighted by Crippen LogP contribution is -2.14. The molecule has 2 aromatic carbocycles. The van der Waals surface area contributed by atoms with Gasteiger partial charge in [-0.15, -0.1) is 0 Å². The van der Waals surface area contributed by atoms with Gasteiger partial charge >= 0.3 is 0 Å². The Labute approximate surface area is 130 Å². The highest BCUT2D eigenvalue weighted by Crippen LogP contribution is 2.15. The summed E-state index contributed by atoms with van der Waals surface area (Å²) < 4.78 is 38.9. The van der Waals surface area contributed by atoms with Gasteiger partial charge in [0.25, 0.3) is 0 Å². The van der Waals surface area contributed by atoms with Gasteiger partial charge in [0, 0.05) is 17.9 Å². The van der Waals surface area contributed by atoms with E-state index in [1.54, 1.807) is 43.3 Å². The van der Waals surface area contributed by atoms with E-state index in [-0.39, 0.29) is 11.6 Å². The van der Waals surface area contributed by atoms with Crippen LogP contribution in [0.4, 0.5) is 15.8 Å². The summed E-state index contributed by atoms with van der Waals surface area (Å²) in [6.07, 6.45) is 0.580. The number of rotatable bonds is 7. The van der Waals surface area contributed by atoms with Crippen molar-refractivity contribution < 1.29 is 12.8 Å². The third-order valence-electron chi connectivity index (χ3n) is 3.22. The van der Waals surface area contributed by atoms with Gasteiger partial charge in [0.15, 0.2) is 0 Å². The molecule has 0 heterocycles. The van der Waals surface area contributed by atoms with Crippen molar-refractivity contribution in [2.75, 3.05) is 22.3 Å². The molecule has 0 amide bonds. The highest BCUT2D eigenvalue weighted by Gasteiger charge is 2.06. The molecule has 0 radical (unpaired) electrons. The zero-order chi connectivity index (χ0) is 16.0. The second-order valence-electron chi connectivity index (χ2n) is 4.85. The molecule has 0 bridgehead atoms. The summed E-state index contributed by atoms with van der Waals surface area (Å²) in [5, 5.41) is 3.18. The molecular formula is C16H19FN2O2S. The fourth-order valence-electron chi connectivity index (χ4n) is 1.95. The second kappa shape index (κ2) is 7.26. The summed E-state index contributed by atoms with van der Waals surface area (Å²) in [6.45, 7) is 2.18. The topological polar surface area (TPSA) is 58.2 Å². The fraction of sp³-hybridized carbons (Fsp3) is 0.250. The number of benzene rings is 2. The molecule has 0 atom stereocenters. The minimum Gasteiger partial charge on any atom is -0.385 e. The Hall–Kier alpha value is -2.08. The maximum Gasteiger partial charge on any atom is 0.232 e. The molecule has 22 heavy (non-hydrogen) atoms. The molecule has 4 nitrogen and oxygen atoms in total. The van der Waals surface area contributed by atoms with Crippen LogP contribution in [0.15, 0.2) is 48.5 Å². The summed E-state index contributed by atoms with van der Waals surface area (Å²) in [4.78, 5) is 0. The molecule has 2 aromatic rings. The van der Waals surface area contributed by atoms with Crippen molar-refractivity contribution in [2.45, 2.75) is 13.3 Å². The lowest BCUT2D eigenvalue weighted by Gasteiger charge is -2.09. The molecule has 0 aliphatic heterocycles. The average Bonchev–Trinajstić information content (AvgIpc) is 2.51. The smallest absolute Gasteiger partial charge is 0.232 e. The Kier molecular flexibility index (Phi) is 5.38. The molecule has 2 N–H and O–H groups in total. The average molecular weight is 322 g/mol. The van der Waals surface area contributed by atoms with Crippen LogP contribution in [0.1, 0.15) is 12.5 Å². The van der Waals surface area contributed by atoms with Crippen LogP contribution >= 0.6 is 0 Å². The molecule has 0 aromatic heterocycles. The molecule has 0 saturated carbocycles. The van der Waals surface area contributed by atoms with E-state index < -0.39 is 10.0 Å². The molecule has 0 spiro atoms. The van der Waals surface area contributed by atoms with Crippen LogP contribution in [-0.2, 0) is 16.4 Å². The summed E-state index contributed by atoms with van der Waals surface area (Å²) >= 11 is 0. The number of hydrogen-bond donors (Lipinski definition) is 2. The van der Waals surface area contributed by atoms with Gasteiger partial charge in [-0.05, 0) is 49.2 Å². The van der Waals surface area contributed by atoms with Crippen LogP contribution in [0.25, 0.3) is 0 Å². The van der Waals surface area contributed by atoms with E-state index in [2.05, 4.69) is 10.0 Å². The van der Waals surface area contributed by atoms with E-state index in [4.69, 9.17) is 0 Å². The van der Waals surface area contributed by atoms with Gasteiger partial charge < -0.3 is 5.32 Å². The molecule has 0 aliphatic rings. The molecule has 0 unspecified atom stereocenters. The summed E-state index contributed by atoms with van der Waals surface area (Å²) in [7, 11) is -3.26.